The van der Waals surface area contributed by atoms with Crippen LogP contribution in [0.1, 0.15) is 11.1 Å². The number of ether oxygens (including phenoxy) is 1. The molecule has 0 aliphatic carbocycles. The van der Waals surface area contributed by atoms with Gasteiger partial charge < -0.3 is 4.74 Å². The fourth-order valence-electron chi connectivity index (χ4n) is 1.41. The van der Waals surface area contributed by atoms with Gasteiger partial charge in [-0.3, -0.25) is 4.79 Å². The van der Waals surface area contributed by atoms with Crippen LogP contribution in [0, 0.1) is 11.3 Å². The Morgan fingerprint density at radius 2 is 2.16 bits per heavy atom. The summed E-state index contributed by atoms with van der Waals surface area (Å²) >= 11 is 0. The van der Waals surface area contributed by atoms with Crippen molar-refractivity contribution in [2.75, 3.05) is 19.9 Å². The van der Waals surface area contributed by atoms with Crippen molar-refractivity contribution in [2.24, 2.45) is 0 Å². The van der Waals surface area contributed by atoms with Crippen molar-refractivity contribution in [3.63, 3.8) is 0 Å². The Kier molecular flexibility index (Phi) is 5.03. The molecule has 0 bridgehead atoms. The van der Waals surface area contributed by atoms with E-state index in [1.807, 2.05) is 6.07 Å². The lowest BCUT2D eigenvalue weighted by atomic mass is 10.1. The van der Waals surface area contributed by atoms with Gasteiger partial charge in [-0.2, -0.15) is 5.26 Å². The van der Waals surface area contributed by atoms with Crippen LogP contribution in [0.4, 0.5) is 0 Å². The minimum absolute atomic E-state index is 0.0921. The Hall–Kier alpha value is -1.91. The molecule has 19 heavy (non-hydrogen) atoms. The first-order valence-electron chi connectivity index (χ1n) is 5.39. The molecule has 0 radical (unpaired) electrons. The largest absolute Gasteiger partial charge is 0.468 e. The highest BCUT2D eigenvalue weighted by molar-refractivity contribution is 7.89. The average Bonchev–Trinajstić information content (AvgIpc) is 2.38. The smallest absolute Gasteiger partial charge is 0.322 e. The standard InChI is InChI=1S/C12H14N2O4S/c1-14(19(16,17)9-12(15)18-2)8-11-5-3-4-10(6-11)7-13/h3-6H,8-9H2,1-2H3. The summed E-state index contributed by atoms with van der Waals surface area (Å²) in [5.41, 5.74) is 1.13. The number of nitriles is 1. The van der Waals surface area contributed by atoms with Gasteiger partial charge in [-0.05, 0) is 17.7 Å². The summed E-state index contributed by atoms with van der Waals surface area (Å²) in [5, 5.41) is 8.76. The molecule has 102 valence electrons. The number of methoxy groups -OCH3 is 1. The number of nitrogens with zero attached hydrogens (tertiary/aromatic N) is 2. The van der Waals surface area contributed by atoms with Gasteiger partial charge in [0, 0.05) is 13.6 Å². The number of rotatable bonds is 5. The molecule has 0 saturated carbocycles. The maximum absolute atomic E-state index is 11.8. The van der Waals surface area contributed by atoms with E-state index in [1.54, 1.807) is 24.3 Å². The van der Waals surface area contributed by atoms with E-state index in [-0.39, 0.29) is 6.54 Å². The quantitative estimate of drug-likeness (QED) is 0.734. The predicted octanol–water partition coefficient (Wildman–Crippen LogP) is 0.493. The highest BCUT2D eigenvalue weighted by Crippen LogP contribution is 2.10. The predicted molar refractivity (Wildman–Crippen MR) is 68.4 cm³/mol. The molecule has 0 aromatic heterocycles. The molecule has 0 saturated heterocycles. The fourth-order valence-corrected chi connectivity index (χ4v) is 2.39. The van der Waals surface area contributed by atoms with E-state index < -0.39 is 21.7 Å². The van der Waals surface area contributed by atoms with Gasteiger partial charge in [0.2, 0.25) is 10.0 Å². The van der Waals surface area contributed by atoms with Gasteiger partial charge in [0.05, 0.1) is 18.7 Å². The summed E-state index contributed by atoms with van der Waals surface area (Å²) < 4.78 is 29.0. The van der Waals surface area contributed by atoms with Crippen LogP contribution in [0.3, 0.4) is 0 Å². The second-order valence-electron chi connectivity index (χ2n) is 3.90. The molecular weight excluding hydrogens is 268 g/mol. The molecule has 0 aliphatic rings. The summed E-state index contributed by atoms with van der Waals surface area (Å²) in [6.07, 6.45) is 0. The van der Waals surface area contributed by atoms with E-state index in [0.717, 1.165) is 11.4 Å². The molecule has 1 aromatic carbocycles. The lowest BCUT2D eigenvalue weighted by molar-refractivity contribution is -0.137. The second-order valence-corrected chi connectivity index (χ2v) is 5.98. The third-order valence-electron chi connectivity index (χ3n) is 2.46. The molecule has 7 heteroatoms. The van der Waals surface area contributed by atoms with Crippen molar-refractivity contribution in [2.45, 2.75) is 6.54 Å². The normalized spacial score (nSPS) is 11.1. The maximum atomic E-state index is 11.8. The van der Waals surface area contributed by atoms with E-state index in [2.05, 4.69) is 4.74 Å². The van der Waals surface area contributed by atoms with Crippen molar-refractivity contribution in [3.05, 3.63) is 35.4 Å². The average molecular weight is 282 g/mol. The summed E-state index contributed by atoms with van der Waals surface area (Å²) in [5.74, 6) is -1.50. The van der Waals surface area contributed by atoms with E-state index in [0.29, 0.717) is 11.1 Å². The Morgan fingerprint density at radius 3 is 2.74 bits per heavy atom. The van der Waals surface area contributed by atoms with Crippen LogP contribution in [0.5, 0.6) is 0 Å². The first-order valence-corrected chi connectivity index (χ1v) is 7.00. The van der Waals surface area contributed by atoms with Gasteiger partial charge in [0.15, 0.2) is 5.75 Å². The number of esters is 1. The third kappa shape index (κ3) is 4.35. The van der Waals surface area contributed by atoms with E-state index in [9.17, 15) is 13.2 Å². The van der Waals surface area contributed by atoms with Crippen LogP contribution in [-0.2, 0) is 26.1 Å². The van der Waals surface area contributed by atoms with E-state index in [1.165, 1.54) is 7.05 Å². The zero-order valence-electron chi connectivity index (χ0n) is 10.7. The Labute approximate surface area is 112 Å². The van der Waals surface area contributed by atoms with Gasteiger partial charge in [0.1, 0.15) is 0 Å². The van der Waals surface area contributed by atoms with Gasteiger partial charge in [-0.15, -0.1) is 0 Å². The molecule has 0 fully saturated rings. The molecule has 0 unspecified atom stereocenters. The van der Waals surface area contributed by atoms with Gasteiger partial charge >= 0.3 is 5.97 Å². The fraction of sp³-hybridized carbons (Fsp3) is 0.333. The van der Waals surface area contributed by atoms with Crippen LogP contribution in [-0.4, -0.2) is 38.6 Å². The van der Waals surface area contributed by atoms with Gasteiger partial charge in [0.25, 0.3) is 0 Å². The molecular formula is C12H14N2O4S. The zero-order valence-corrected chi connectivity index (χ0v) is 11.5. The molecule has 0 amide bonds. The van der Waals surface area contributed by atoms with Gasteiger partial charge in [-0.1, -0.05) is 12.1 Å². The number of carbonyl (C=O) groups excluding carboxylic acids is 1. The minimum Gasteiger partial charge on any atom is -0.468 e. The molecule has 0 spiro atoms. The summed E-state index contributed by atoms with van der Waals surface area (Å²) in [6.45, 7) is 0.0921. The highest BCUT2D eigenvalue weighted by Gasteiger charge is 2.22. The van der Waals surface area contributed by atoms with E-state index >= 15 is 0 Å². The minimum atomic E-state index is -3.71. The van der Waals surface area contributed by atoms with Crippen LogP contribution in [0.15, 0.2) is 24.3 Å². The zero-order chi connectivity index (χ0) is 14.5. The highest BCUT2D eigenvalue weighted by atomic mass is 32.2. The maximum Gasteiger partial charge on any atom is 0.322 e. The van der Waals surface area contributed by atoms with Crippen LogP contribution in [0.25, 0.3) is 0 Å². The van der Waals surface area contributed by atoms with Crippen LogP contribution >= 0.6 is 0 Å². The van der Waals surface area contributed by atoms with Crippen molar-refractivity contribution >= 4 is 16.0 Å². The Morgan fingerprint density at radius 1 is 1.47 bits per heavy atom. The summed E-state index contributed by atoms with van der Waals surface area (Å²) in [7, 11) is -1.21. The molecule has 1 aromatic rings. The molecule has 0 aliphatic heterocycles. The third-order valence-corrected chi connectivity index (χ3v) is 4.14. The van der Waals surface area contributed by atoms with Crippen molar-refractivity contribution in [3.8, 4) is 6.07 Å². The SMILES string of the molecule is COC(=O)CS(=O)(=O)N(C)Cc1cccc(C#N)c1. The monoisotopic (exact) mass is 282 g/mol. The molecule has 0 N–H and O–H groups in total. The van der Waals surface area contributed by atoms with Crippen molar-refractivity contribution in [1.82, 2.24) is 4.31 Å². The van der Waals surface area contributed by atoms with Crippen molar-refractivity contribution < 1.29 is 17.9 Å². The van der Waals surface area contributed by atoms with Crippen LogP contribution in [0.2, 0.25) is 0 Å². The van der Waals surface area contributed by atoms with Gasteiger partial charge in [-0.25, -0.2) is 12.7 Å². The molecule has 0 heterocycles. The molecule has 1 rings (SSSR count). The lowest BCUT2D eigenvalue weighted by Crippen LogP contribution is -2.32. The Balaban J connectivity index is 2.81. The first kappa shape index (κ1) is 15.1. The lowest BCUT2D eigenvalue weighted by Gasteiger charge is -2.16. The van der Waals surface area contributed by atoms with Crippen LogP contribution < -0.4 is 0 Å². The van der Waals surface area contributed by atoms with E-state index in [4.69, 9.17) is 5.26 Å². The van der Waals surface area contributed by atoms with Crippen molar-refractivity contribution in [1.29, 1.82) is 5.26 Å². The number of carbonyl (C=O) groups is 1. The Bertz CT molecular complexity index is 604. The molecule has 0 atom stereocenters. The topological polar surface area (TPSA) is 87.5 Å². The number of hydrogen-bond donors (Lipinski definition) is 0. The molecule has 6 nitrogen and oxygen atoms in total. The first-order chi connectivity index (χ1) is 8.89. The number of sulfonamides is 1. The summed E-state index contributed by atoms with van der Waals surface area (Å²) in [6, 6.07) is 8.60. The number of hydrogen-bond acceptors (Lipinski definition) is 5. The summed E-state index contributed by atoms with van der Waals surface area (Å²) in [4.78, 5) is 11.0. The second kappa shape index (κ2) is 6.31. The number of benzene rings is 1.